The molecule has 1 aromatic carbocycles. The molecule has 0 bridgehead atoms. The van der Waals surface area contributed by atoms with Gasteiger partial charge in [0.25, 0.3) is 0 Å². The van der Waals surface area contributed by atoms with Crippen LogP contribution in [0.1, 0.15) is 6.92 Å². The average molecular weight is 330 g/mol. The van der Waals surface area contributed by atoms with Gasteiger partial charge in [0, 0.05) is 26.2 Å². The number of hydrogen-bond donors (Lipinski definition) is 0. The molecule has 0 radical (unpaired) electrons. The molecule has 1 saturated heterocycles. The third-order valence-corrected chi connectivity index (χ3v) is 5.35. The van der Waals surface area contributed by atoms with Crippen LogP contribution < -0.4 is 0 Å². The summed E-state index contributed by atoms with van der Waals surface area (Å²) in [7, 11) is -3.62. The number of rotatable bonds is 5. The van der Waals surface area contributed by atoms with Gasteiger partial charge in [0.1, 0.15) is 5.82 Å². The van der Waals surface area contributed by atoms with Crippen LogP contribution in [-0.4, -0.2) is 62.9 Å². The quantitative estimate of drug-likeness (QED) is 0.744. The van der Waals surface area contributed by atoms with Crippen LogP contribution >= 0.6 is 0 Å². The minimum absolute atomic E-state index is 0.0766. The SMILES string of the molecule is CCOC(=O)CN1CCN(S(=O)(=O)c2ccc(F)cc2)CC1. The van der Waals surface area contributed by atoms with Crippen LogP contribution in [0.2, 0.25) is 0 Å². The summed E-state index contributed by atoms with van der Waals surface area (Å²) >= 11 is 0. The first-order valence-electron chi connectivity index (χ1n) is 7.07. The molecule has 0 amide bonds. The molecular weight excluding hydrogens is 311 g/mol. The van der Waals surface area contributed by atoms with Crippen molar-refractivity contribution in [1.29, 1.82) is 0 Å². The highest BCUT2D eigenvalue weighted by atomic mass is 32.2. The predicted octanol–water partition coefficient (Wildman–Crippen LogP) is 0.695. The minimum atomic E-state index is -3.62. The van der Waals surface area contributed by atoms with Gasteiger partial charge in [-0.15, -0.1) is 0 Å². The maximum atomic E-state index is 12.9. The molecule has 1 aliphatic heterocycles. The van der Waals surface area contributed by atoms with Crippen molar-refractivity contribution in [3.63, 3.8) is 0 Å². The molecular formula is C14H19FN2O4S. The zero-order chi connectivity index (χ0) is 16.2. The van der Waals surface area contributed by atoms with Crippen LogP contribution in [-0.2, 0) is 19.6 Å². The van der Waals surface area contributed by atoms with Crippen molar-refractivity contribution >= 4 is 16.0 Å². The van der Waals surface area contributed by atoms with E-state index in [-0.39, 0.29) is 17.4 Å². The Balaban J connectivity index is 1.96. The molecule has 0 N–H and O–H groups in total. The van der Waals surface area contributed by atoms with E-state index >= 15 is 0 Å². The number of benzene rings is 1. The molecule has 1 fully saturated rings. The second kappa shape index (κ2) is 7.17. The lowest BCUT2D eigenvalue weighted by atomic mass is 10.3. The van der Waals surface area contributed by atoms with Gasteiger partial charge < -0.3 is 4.74 Å². The van der Waals surface area contributed by atoms with Crippen molar-refractivity contribution in [1.82, 2.24) is 9.21 Å². The van der Waals surface area contributed by atoms with E-state index in [1.807, 2.05) is 4.90 Å². The molecule has 2 rings (SSSR count). The van der Waals surface area contributed by atoms with E-state index in [2.05, 4.69) is 0 Å². The van der Waals surface area contributed by atoms with E-state index in [1.165, 1.54) is 16.4 Å². The van der Waals surface area contributed by atoms with Gasteiger partial charge >= 0.3 is 5.97 Å². The zero-order valence-electron chi connectivity index (χ0n) is 12.4. The molecule has 0 spiro atoms. The van der Waals surface area contributed by atoms with Gasteiger partial charge in [-0.25, -0.2) is 12.8 Å². The fourth-order valence-electron chi connectivity index (χ4n) is 2.27. The molecule has 1 aliphatic rings. The van der Waals surface area contributed by atoms with E-state index in [9.17, 15) is 17.6 Å². The van der Waals surface area contributed by atoms with Crippen molar-refractivity contribution < 1.29 is 22.3 Å². The molecule has 0 saturated carbocycles. The van der Waals surface area contributed by atoms with Crippen LogP contribution in [0.4, 0.5) is 4.39 Å². The van der Waals surface area contributed by atoms with Crippen molar-refractivity contribution in [2.75, 3.05) is 39.3 Å². The largest absolute Gasteiger partial charge is 0.465 e. The smallest absolute Gasteiger partial charge is 0.320 e. The topological polar surface area (TPSA) is 66.9 Å². The van der Waals surface area contributed by atoms with Crippen molar-refractivity contribution in [2.24, 2.45) is 0 Å². The van der Waals surface area contributed by atoms with Gasteiger partial charge in [0.15, 0.2) is 0 Å². The molecule has 8 heteroatoms. The summed E-state index contributed by atoms with van der Waals surface area (Å²) in [6.45, 7) is 3.73. The number of carbonyl (C=O) groups is 1. The van der Waals surface area contributed by atoms with Crippen molar-refractivity contribution in [2.45, 2.75) is 11.8 Å². The van der Waals surface area contributed by atoms with Gasteiger partial charge in [-0.1, -0.05) is 0 Å². The van der Waals surface area contributed by atoms with Gasteiger partial charge in [0.05, 0.1) is 18.0 Å². The average Bonchev–Trinajstić information content (AvgIpc) is 2.48. The molecule has 0 atom stereocenters. The molecule has 22 heavy (non-hydrogen) atoms. The number of piperazine rings is 1. The summed E-state index contributed by atoms with van der Waals surface area (Å²) < 4.78 is 44.0. The highest BCUT2D eigenvalue weighted by Crippen LogP contribution is 2.17. The van der Waals surface area contributed by atoms with Crippen LogP contribution in [0, 0.1) is 5.82 Å². The molecule has 0 aromatic heterocycles. The lowest BCUT2D eigenvalue weighted by molar-refractivity contribution is -0.144. The Bertz CT molecular complexity index is 610. The number of ether oxygens (including phenoxy) is 1. The van der Waals surface area contributed by atoms with Crippen molar-refractivity contribution in [3.8, 4) is 0 Å². The maximum absolute atomic E-state index is 12.9. The number of nitrogens with zero attached hydrogens (tertiary/aromatic N) is 2. The van der Waals surface area contributed by atoms with Gasteiger partial charge in [-0.2, -0.15) is 4.31 Å². The Morgan fingerprint density at radius 1 is 1.18 bits per heavy atom. The van der Waals surface area contributed by atoms with E-state index in [4.69, 9.17) is 4.74 Å². The third-order valence-electron chi connectivity index (χ3n) is 3.44. The number of esters is 1. The molecule has 122 valence electrons. The van der Waals surface area contributed by atoms with E-state index in [1.54, 1.807) is 6.92 Å². The summed E-state index contributed by atoms with van der Waals surface area (Å²) in [6.07, 6.45) is 0. The Morgan fingerprint density at radius 2 is 1.77 bits per heavy atom. The maximum Gasteiger partial charge on any atom is 0.320 e. The second-order valence-corrected chi connectivity index (χ2v) is 6.88. The third kappa shape index (κ3) is 4.02. The number of sulfonamides is 1. The summed E-state index contributed by atoms with van der Waals surface area (Å²) in [5, 5.41) is 0. The summed E-state index contributed by atoms with van der Waals surface area (Å²) in [5.41, 5.74) is 0. The minimum Gasteiger partial charge on any atom is -0.465 e. The number of hydrogen-bond acceptors (Lipinski definition) is 5. The fourth-order valence-corrected chi connectivity index (χ4v) is 3.70. The van der Waals surface area contributed by atoms with E-state index in [0.29, 0.717) is 32.8 Å². The second-order valence-electron chi connectivity index (χ2n) is 4.94. The number of halogens is 1. The first kappa shape index (κ1) is 16.9. The Labute approximate surface area is 129 Å². The van der Waals surface area contributed by atoms with Crippen LogP contribution in [0.5, 0.6) is 0 Å². The predicted molar refractivity (Wildman–Crippen MR) is 78.2 cm³/mol. The molecule has 1 aromatic rings. The summed E-state index contributed by atoms with van der Waals surface area (Å²) in [6, 6.07) is 4.78. The lowest BCUT2D eigenvalue weighted by Gasteiger charge is -2.33. The van der Waals surface area contributed by atoms with Gasteiger partial charge in [0.2, 0.25) is 10.0 Å². The summed E-state index contributed by atoms with van der Waals surface area (Å²) in [4.78, 5) is 13.3. The molecule has 0 unspecified atom stereocenters. The summed E-state index contributed by atoms with van der Waals surface area (Å²) in [5.74, 6) is -0.782. The van der Waals surface area contributed by atoms with Gasteiger partial charge in [-0.05, 0) is 31.2 Å². The molecule has 0 aliphatic carbocycles. The van der Waals surface area contributed by atoms with Crippen LogP contribution in [0.3, 0.4) is 0 Å². The fraction of sp³-hybridized carbons (Fsp3) is 0.500. The van der Waals surface area contributed by atoms with Crippen molar-refractivity contribution in [3.05, 3.63) is 30.1 Å². The first-order chi connectivity index (χ1) is 10.4. The normalized spacial score (nSPS) is 17.4. The van der Waals surface area contributed by atoms with E-state index < -0.39 is 15.8 Å². The Kier molecular flexibility index (Phi) is 5.49. The number of carbonyl (C=O) groups excluding carboxylic acids is 1. The Morgan fingerprint density at radius 3 is 2.32 bits per heavy atom. The van der Waals surface area contributed by atoms with E-state index in [0.717, 1.165) is 12.1 Å². The monoisotopic (exact) mass is 330 g/mol. The highest BCUT2D eigenvalue weighted by molar-refractivity contribution is 7.89. The van der Waals surface area contributed by atoms with Gasteiger partial charge in [-0.3, -0.25) is 9.69 Å². The first-order valence-corrected chi connectivity index (χ1v) is 8.51. The van der Waals surface area contributed by atoms with Crippen LogP contribution in [0.25, 0.3) is 0 Å². The molecule has 6 nitrogen and oxygen atoms in total. The van der Waals surface area contributed by atoms with Crippen LogP contribution in [0.15, 0.2) is 29.2 Å². The zero-order valence-corrected chi connectivity index (χ0v) is 13.2. The Hall–Kier alpha value is -1.51. The highest BCUT2D eigenvalue weighted by Gasteiger charge is 2.29. The standard InChI is InChI=1S/C14H19FN2O4S/c1-2-21-14(18)11-16-7-9-17(10-8-16)22(19,20)13-5-3-12(15)4-6-13/h3-6H,2,7-11H2,1H3. The molecule has 1 heterocycles. The lowest BCUT2D eigenvalue weighted by Crippen LogP contribution is -2.49.